The highest BCUT2D eigenvalue weighted by molar-refractivity contribution is 6.32. The molecule has 0 saturated carbocycles. The predicted molar refractivity (Wildman–Crippen MR) is 69.3 cm³/mol. The molecule has 1 unspecified atom stereocenters. The van der Waals surface area contributed by atoms with E-state index in [1.165, 1.54) is 6.33 Å². The normalized spacial score (nSPS) is 19.1. The Labute approximate surface area is 114 Å². The van der Waals surface area contributed by atoms with Gasteiger partial charge in [0.05, 0.1) is 12.7 Å². The van der Waals surface area contributed by atoms with Crippen molar-refractivity contribution in [1.29, 1.82) is 0 Å². The van der Waals surface area contributed by atoms with Crippen LogP contribution in [0.25, 0.3) is 5.65 Å². The molecule has 0 bridgehead atoms. The molecular weight excluding hydrogens is 270 g/mol. The third-order valence-electron chi connectivity index (χ3n) is 3.11. The van der Waals surface area contributed by atoms with E-state index >= 15 is 0 Å². The summed E-state index contributed by atoms with van der Waals surface area (Å²) < 4.78 is 12.7. The molecule has 1 aliphatic heterocycles. The largest absolute Gasteiger partial charge is 0.463 e. The van der Waals surface area contributed by atoms with Gasteiger partial charge in [-0.1, -0.05) is 16.7 Å². The molecule has 1 fully saturated rings. The summed E-state index contributed by atoms with van der Waals surface area (Å²) >= 11 is 5.81. The number of anilines is 1. The van der Waals surface area contributed by atoms with Crippen molar-refractivity contribution in [2.45, 2.75) is 25.4 Å². The Morgan fingerprint density at radius 2 is 2.42 bits per heavy atom. The van der Waals surface area contributed by atoms with Crippen molar-refractivity contribution < 1.29 is 9.47 Å². The maximum Gasteiger partial charge on any atom is 0.322 e. The van der Waals surface area contributed by atoms with Crippen LogP contribution in [-0.2, 0) is 4.74 Å². The zero-order valence-electron chi connectivity index (χ0n) is 10.3. The summed E-state index contributed by atoms with van der Waals surface area (Å²) in [5.41, 5.74) is 6.51. The van der Waals surface area contributed by atoms with Crippen molar-refractivity contribution in [3.63, 3.8) is 0 Å². The van der Waals surface area contributed by atoms with E-state index < -0.39 is 0 Å². The van der Waals surface area contributed by atoms with Gasteiger partial charge in [-0.3, -0.25) is 0 Å². The van der Waals surface area contributed by atoms with Gasteiger partial charge in [0, 0.05) is 13.0 Å². The van der Waals surface area contributed by atoms with Crippen LogP contribution in [0.1, 0.15) is 19.3 Å². The van der Waals surface area contributed by atoms with E-state index in [4.69, 9.17) is 26.8 Å². The van der Waals surface area contributed by atoms with E-state index in [9.17, 15) is 0 Å². The molecule has 0 amide bonds. The maximum atomic E-state index is 5.81. The highest BCUT2D eigenvalue weighted by Crippen LogP contribution is 2.22. The van der Waals surface area contributed by atoms with Crippen LogP contribution in [0.5, 0.6) is 6.01 Å². The minimum absolute atomic E-state index is 0.214. The van der Waals surface area contributed by atoms with Crippen LogP contribution in [0.2, 0.25) is 5.15 Å². The number of ether oxygens (including phenoxy) is 2. The molecule has 2 aromatic rings. The number of rotatable bonds is 4. The van der Waals surface area contributed by atoms with E-state index in [1.807, 2.05) is 0 Å². The second-order valence-electron chi connectivity index (χ2n) is 4.40. The lowest BCUT2D eigenvalue weighted by Crippen LogP contribution is -2.11. The van der Waals surface area contributed by atoms with Crippen LogP contribution >= 0.6 is 11.6 Å². The standard InChI is InChI=1S/C11H14ClN5O2/c12-9-8(13)10-15-16-11(17(10)6-14-9)19-5-3-7-2-1-4-18-7/h6-7H,1-5,13H2. The van der Waals surface area contributed by atoms with Crippen molar-refractivity contribution in [2.75, 3.05) is 18.9 Å². The average molecular weight is 284 g/mol. The third kappa shape index (κ3) is 2.43. The highest BCUT2D eigenvalue weighted by Gasteiger charge is 2.16. The summed E-state index contributed by atoms with van der Waals surface area (Å²) in [4.78, 5) is 3.94. The van der Waals surface area contributed by atoms with Crippen molar-refractivity contribution >= 4 is 22.9 Å². The van der Waals surface area contributed by atoms with Crippen LogP contribution in [0.4, 0.5) is 5.69 Å². The molecule has 2 aromatic heterocycles. The molecule has 19 heavy (non-hydrogen) atoms. The van der Waals surface area contributed by atoms with Crippen LogP contribution in [0.15, 0.2) is 6.33 Å². The Balaban J connectivity index is 1.69. The fourth-order valence-corrected chi connectivity index (χ4v) is 2.22. The minimum atomic E-state index is 0.214. The van der Waals surface area contributed by atoms with E-state index in [2.05, 4.69) is 15.2 Å². The average Bonchev–Trinajstić information content (AvgIpc) is 3.04. The number of hydrogen-bond donors (Lipinski definition) is 1. The lowest BCUT2D eigenvalue weighted by molar-refractivity contribution is 0.0887. The lowest BCUT2D eigenvalue weighted by atomic mass is 10.2. The first kappa shape index (κ1) is 12.4. The first-order valence-electron chi connectivity index (χ1n) is 6.15. The molecule has 0 radical (unpaired) electrons. The Kier molecular flexibility index (Phi) is 3.39. The summed E-state index contributed by atoms with van der Waals surface area (Å²) in [6.45, 7) is 1.37. The zero-order valence-corrected chi connectivity index (χ0v) is 11.0. The van der Waals surface area contributed by atoms with Gasteiger partial charge in [-0.2, -0.15) is 0 Å². The fraction of sp³-hybridized carbons (Fsp3) is 0.545. The number of nitrogens with two attached hydrogens (primary N) is 1. The van der Waals surface area contributed by atoms with Gasteiger partial charge >= 0.3 is 6.01 Å². The maximum absolute atomic E-state index is 5.81. The minimum Gasteiger partial charge on any atom is -0.463 e. The first-order chi connectivity index (χ1) is 9.25. The van der Waals surface area contributed by atoms with E-state index in [0.29, 0.717) is 24.0 Å². The van der Waals surface area contributed by atoms with Crippen molar-refractivity contribution in [3.05, 3.63) is 11.5 Å². The molecule has 0 spiro atoms. The SMILES string of the molecule is Nc1c(Cl)ncn2c(OCCC3CCCO3)nnc12. The lowest BCUT2D eigenvalue weighted by Gasteiger charge is -2.09. The monoisotopic (exact) mass is 283 g/mol. The summed E-state index contributed by atoms with van der Waals surface area (Å²) in [5.74, 6) is 0. The van der Waals surface area contributed by atoms with E-state index in [-0.39, 0.29) is 11.3 Å². The molecular formula is C11H14ClN5O2. The number of halogens is 1. The van der Waals surface area contributed by atoms with E-state index in [1.54, 1.807) is 4.40 Å². The smallest absolute Gasteiger partial charge is 0.322 e. The van der Waals surface area contributed by atoms with Crippen molar-refractivity contribution in [1.82, 2.24) is 19.6 Å². The molecule has 0 aromatic carbocycles. The van der Waals surface area contributed by atoms with Gasteiger partial charge in [-0.25, -0.2) is 9.38 Å². The van der Waals surface area contributed by atoms with Crippen LogP contribution in [-0.4, -0.2) is 38.9 Å². The number of nitrogens with zero attached hydrogens (tertiary/aromatic N) is 4. The van der Waals surface area contributed by atoms with E-state index in [0.717, 1.165) is 25.9 Å². The number of fused-ring (bicyclic) bond motifs is 1. The molecule has 8 heteroatoms. The summed E-state index contributed by atoms with van der Waals surface area (Å²) in [6, 6.07) is 0.365. The van der Waals surface area contributed by atoms with Crippen LogP contribution < -0.4 is 10.5 Å². The van der Waals surface area contributed by atoms with Crippen molar-refractivity contribution in [2.24, 2.45) is 0 Å². The molecule has 7 nitrogen and oxygen atoms in total. The van der Waals surface area contributed by atoms with Gasteiger partial charge in [0.15, 0.2) is 10.8 Å². The molecule has 3 heterocycles. The molecule has 102 valence electrons. The quantitative estimate of drug-likeness (QED) is 0.851. The second-order valence-corrected chi connectivity index (χ2v) is 4.76. The van der Waals surface area contributed by atoms with Crippen molar-refractivity contribution in [3.8, 4) is 6.01 Å². The topological polar surface area (TPSA) is 87.6 Å². The predicted octanol–water partition coefficient (Wildman–Crippen LogP) is 1.31. The van der Waals surface area contributed by atoms with Gasteiger partial charge in [-0.05, 0) is 12.8 Å². The Morgan fingerprint density at radius 1 is 1.53 bits per heavy atom. The van der Waals surface area contributed by atoms with Gasteiger partial charge in [-0.15, -0.1) is 5.10 Å². The van der Waals surface area contributed by atoms with Gasteiger partial charge in [0.25, 0.3) is 0 Å². The summed E-state index contributed by atoms with van der Waals surface area (Å²) in [6.07, 6.45) is 4.84. The third-order valence-corrected chi connectivity index (χ3v) is 3.41. The molecule has 0 aliphatic carbocycles. The molecule has 2 N–H and O–H groups in total. The van der Waals surface area contributed by atoms with Crippen LogP contribution in [0, 0.1) is 0 Å². The number of aromatic nitrogens is 4. The number of hydrogen-bond acceptors (Lipinski definition) is 6. The molecule has 1 atom stereocenters. The Bertz CT molecular complexity index is 582. The highest BCUT2D eigenvalue weighted by atomic mass is 35.5. The summed E-state index contributed by atoms with van der Waals surface area (Å²) in [7, 11) is 0. The van der Waals surface area contributed by atoms with Gasteiger partial charge in [0.2, 0.25) is 0 Å². The van der Waals surface area contributed by atoms with Gasteiger partial charge < -0.3 is 15.2 Å². The van der Waals surface area contributed by atoms with Gasteiger partial charge in [0.1, 0.15) is 12.0 Å². The second kappa shape index (κ2) is 5.18. The Morgan fingerprint density at radius 3 is 3.21 bits per heavy atom. The molecule has 1 aliphatic rings. The zero-order chi connectivity index (χ0) is 13.2. The Hall–Kier alpha value is -1.60. The number of nitrogen functional groups attached to an aromatic ring is 1. The molecule has 3 rings (SSSR count). The first-order valence-corrected chi connectivity index (χ1v) is 6.52. The summed E-state index contributed by atoms with van der Waals surface area (Å²) in [5, 5.41) is 8.08. The fourth-order valence-electron chi connectivity index (χ4n) is 2.09. The van der Waals surface area contributed by atoms with Crippen LogP contribution in [0.3, 0.4) is 0 Å². The molecule has 1 saturated heterocycles.